The number of methoxy groups -OCH3 is 1. The molecule has 0 aliphatic heterocycles. The number of ether oxygens (including phenoxy) is 1. The quantitative estimate of drug-likeness (QED) is 0.647. The summed E-state index contributed by atoms with van der Waals surface area (Å²) < 4.78 is 46.9. The first-order valence-electron chi connectivity index (χ1n) is 8.14. The van der Waals surface area contributed by atoms with E-state index >= 15 is 0 Å². The maximum Gasteiger partial charge on any atom is 0.471 e. The van der Waals surface area contributed by atoms with E-state index in [4.69, 9.17) is 9.57 Å². The van der Waals surface area contributed by atoms with Crippen molar-refractivity contribution in [2.75, 3.05) is 20.8 Å². The summed E-state index contributed by atoms with van der Waals surface area (Å²) in [5, 5.41) is 4.55. The Kier molecular flexibility index (Phi) is 6.92. The lowest BCUT2D eigenvalue weighted by Crippen LogP contribution is -2.36. The highest BCUT2D eigenvalue weighted by molar-refractivity contribution is 5.78. The smallest absolute Gasteiger partial charge is 0.384 e. The van der Waals surface area contributed by atoms with Gasteiger partial charge < -0.3 is 9.26 Å². The van der Waals surface area contributed by atoms with Gasteiger partial charge in [0.1, 0.15) is 0 Å². The summed E-state index contributed by atoms with van der Waals surface area (Å²) in [6.07, 6.45) is -4.09. The van der Waals surface area contributed by atoms with Crippen LogP contribution in [0.15, 0.2) is 28.8 Å². The predicted octanol–water partition coefficient (Wildman–Crippen LogP) is 3.32. The van der Waals surface area contributed by atoms with Crippen molar-refractivity contribution >= 4 is 5.91 Å². The van der Waals surface area contributed by atoms with Crippen LogP contribution < -0.4 is 0 Å². The summed E-state index contributed by atoms with van der Waals surface area (Å²) in [5.74, 6) is -2.10. The number of amides is 1. The molecule has 2 aromatic rings. The van der Waals surface area contributed by atoms with E-state index in [1.165, 1.54) is 19.3 Å². The highest BCUT2D eigenvalue weighted by Gasteiger charge is 2.38. The number of nitrogens with zero attached hydrogens (tertiary/aromatic N) is 3. The van der Waals surface area contributed by atoms with Gasteiger partial charge in [-0.2, -0.15) is 18.2 Å². The molecule has 10 heteroatoms. The second-order valence-electron chi connectivity index (χ2n) is 5.74. The molecule has 0 bridgehead atoms. The Labute approximate surface area is 154 Å². The monoisotopic (exact) mass is 387 g/mol. The van der Waals surface area contributed by atoms with E-state index < -0.39 is 12.1 Å². The van der Waals surface area contributed by atoms with Crippen molar-refractivity contribution in [1.29, 1.82) is 0 Å². The molecule has 0 aliphatic carbocycles. The van der Waals surface area contributed by atoms with Gasteiger partial charge in [-0.05, 0) is 12.0 Å². The van der Waals surface area contributed by atoms with E-state index in [9.17, 15) is 18.0 Å². The zero-order chi connectivity index (χ0) is 20.0. The molecule has 1 aromatic carbocycles. The minimum Gasteiger partial charge on any atom is -0.384 e. The topological polar surface area (TPSA) is 77.7 Å². The van der Waals surface area contributed by atoms with Crippen molar-refractivity contribution in [3.63, 3.8) is 0 Å². The molecule has 0 radical (unpaired) electrons. The zero-order valence-corrected chi connectivity index (χ0v) is 15.1. The Morgan fingerprint density at radius 2 is 1.93 bits per heavy atom. The van der Waals surface area contributed by atoms with Crippen LogP contribution in [-0.4, -0.2) is 41.9 Å². The lowest BCUT2D eigenvalue weighted by Gasteiger charge is -2.24. The maximum absolute atomic E-state index is 12.5. The highest BCUT2D eigenvalue weighted by atomic mass is 19.4. The number of hydrogen-bond donors (Lipinski definition) is 0. The van der Waals surface area contributed by atoms with Crippen molar-refractivity contribution < 1.29 is 32.1 Å². The molecule has 0 aliphatic rings. The first kappa shape index (κ1) is 20.8. The molecule has 1 atom stereocenters. The van der Waals surface area contributed by atoms with Gasteiger partial charge in [-0.3, -0.25) is 9.63 Å². The van der Waals surface area contributed by atoms with Gasteiger partial charge in [0.25, 0.3) is 5.91 Å². The molecule has 1 aromatic heterocycles. The van der Waals surface area contributed by atoms with E-state index in [2.05, 4.69) is 14.7 Å². The van der Waals surface area contributed by atoms with Crippen molar-refractivity contribution in [2.24, 2.45) is 5.92 Å². The summed E-state index contributed by atoms with van der Waals surface area (Å²) in [6, 6.07) is 6.39. The number of alkyl halides is 3. The van der Waals surface area contributed by atoms with Crippen LogP contribution >= 0.6 is 0 Å². The Balaban J connectivity index is 2.10. The number of carbonyl (C=O) groups is 1. The van der Waals surface area contributed by atoms with Crippen molar-refractivity contribution in [1.82, 2.24) is 15.2 Å². The molecule has 0 saturated heterocycles. The lowest BCUT2D eigenvalue weighted by atomic mass is 10.1. The van der Waals surface area contributed by atoms with Crippen LogP contribution in [0.3, 0.4) is 0 Å². The summed E-state index contributed by atoms with van der Waals surface area (Å²) >= 11 is 0. The minimum absolute atomic E-state index is 0.167. The molecule has 0 fully saturated rings. The van der Waals surface area contributed by atoms with Crippen LogP contribution in [0.2, 0.25) is 0 Å². The average Bonchev–Trinajstić information content (AvgIpc) is 3.14. The largest absolute Gasteiger partial charge is 0.471 e. The molecule has 0 spiro atoms. The van der Waals surface area contributed by atoms with Gasteiger partial charge in [0.2, 0.25) is 5.82 Å². The van der Waals surface area contributed by atoms with Crippen LogP contribution in [0.5, 0.6) is 0 Å². The first-order valence-corrected chi connectivity index (χ1v) is 8.14. The molecule has 1 heterocycles. The molecule has 1 unspecified atom stereocenters. The van der Waals surface area contributed by atoms with Gasteiger partial charge in [0, 0.05) is 12.7 Å². The fourth-order valence-corrected chi connectivity index (χ4v) is 2.38. The van der Waals surface area contributed by atoms with Crippen molar-refractivity contribution in [3.8, 4) is 11.4 Å². The summed E-state index contributed by atoms with van der Waals surface area (Å²) in [6.45, 7) is 2.34. The molecule has 2 rings (SSSR count). The third-order valence-corrected chi connectivity index (χ3v) is 3.88. The molecular weight excluding hydrogens is 367 g/mol. The van der Waals surface area contributed by atoms with E-state index in [-0.39, 0.29) is 30.8 Å². The van der Waals surface area contributed by atoms with Gasteiger partial charge in [-0.25, -0.2) is 5.06 Å². The maximum atomic E-state index is 12.5. The van der Waals surface area contributed by atoms with E-state index in [1.807, 2.05) is 6.92 Å². The number of aromatic nitrogens is 2. The fraction of sp³-hybridized carbons (Fsp3) is 0.471. The Bertz CT molecular complexity index is 747. The molecule has 1 amide bonds. The van der Waals surface area contributed by atoms with E-state index in [1.54, 1.807) is 24.3 Å². The number of carbonyl (C=O) groups excluding carboxylic acids is 1. The minimum atomic E-state index is -4.69. The highest BCUT2D eigenvalue weighted by Crippen LogP contribution is 2.29. The number of benzene rings is 1. The number of halogens is 3. The van der Waals surface area contributed by atoms with Crippen LogP contribution in [-0.2, 0) is 27.1 Å². The number of hydrogen-bond acceptors (Lipinski definition) is 6. The summed E-state index contributed by atoms with van der Waals surface area (Å²) in [4.78, 5) is 21.0. The second kappa shape index (κ2) is 8.96. The fourth-order valence-electron chi connectivity index (χ4n) is 2.38. The van der Waals surface area contributed by atoms with E-state index in [0.717, 1.165) is 5.56 Å². The van der Waals surface area contributed by atoms with Gasteiger partial charge in [-0.15, -0.1) is 0 Å². The third-order valence-electron chi connectivity index (χ3n) is 3.88. The van der Waals surface area contributed by atoms with Crippen LogP contribution in [0.4, 0.5) is 13.2 Å². The Hall–Kier alpha value is -2.46. The lowest BCUT2D eigenvalue weighted by molar-refractivity contribution is -0.185. The SMILES string of the molecule is CCC(COC)C(=O)N(Cc1ccc(-c2noc(C(F)(F)F)n2)cc1)OC. The Morgan fingerprint density at radius 1 is 1.26 bits per heavy atom. The van der Waals surface area contributed by atoms with Gasteiger partial charge in [0.15, 0.2) is 0 Å². The molecule has 0 saturated carbocycles. The van der Waals surface area contributed by atoms with E-state index in [0.29, 0.717) is 12.0 Å². The van der Waals surface area contributed by atoms with Crippen molar-refractivity contribution in [2.45, 2.75) is 26.1 Å². The standard InChI is InChI=1S/C17H20F3N3O4/c1-4-12(10-25-2)15(24)23(26-3)9-11-5-7-13(8-6-11)14-21-16(27-22-14)17(18,19)20/h5-8,12H,4,9-10H2,1-3H3. The molecule has 27 heavy (non-hydrogen) atoms. The molecule has 148 valence electrons. The van der Waals surface area contributed by atoms with Crippen LogP contribution in [0.25, 0.3) is 11.4 Å². The van der Waals surface area contributed by atoms with Crippen LogP contribution in [0, 0.1) is 5.92 Å². The zero-order valence-electron chi connectivity index (χ0n) is 15.1. The first-order chi connectivity index (χ1) is 12.8. The molecule has 7 nitrogen and oxygen atoms in total. The third kappa shape index (κ3) is 5.27. The Morgan fingerprint density at radius 3 is 2.41 bits per heavy atom. The predicted molar refractivity (Wildman–Crippen MR) is 88.0 cm³/mol. The second-order valence-corrected chi connectivity index (χ2v) is 5.74. The van der Waals surface area contributed by atoms with Gasteiger partial charge in [-0.1, -0.05) is 36.3 Å². The van der Waals surface area contributed by atoms with Crippen molar-refractivity contribution in [3.05, 3.63) is 35.7 Å². The summed E-state index contributed by atoms with van der Waals surface area (Å²) in [7, 11) is 2.91. The normalized spacial score (nSPS) is 12.8. The average molecular weight is 387 g/mol. The summed E-state index contributed by atoms with van der Waals surface area (Å²) in [5.41, 5.74) is 1.08. The van der Waals surface area contributed by atoms with Gasteiger partial charge >= 0.3 is 12.1 Å². The molecular formula is C17H20F3N3O4. The number of hydroxylamine groups is 2. The molecule has 0 N–H and O–H groups in total. The number of rotatable bonds is 8. The van der Waals surface area contributed by atoms with Gasteiger partial charge in [0.05, 0.1) is 26.2 Å². The van der Waals surface area contributed by atoms with Crippen LogP contribution in [0.1, 0.15) is 24.8 Å².